The van der Waals surface area contributed by atoms with Crippen molar-refractivity contribution in [3.63, 3.8) is 0 Å². The molecule has 0 amide bonds. The summed E-state index contributed by atoms with van der Waals surface area (Å²) in [6.45, 7) is 6.80. The van der Waals surface area contributed by atoms with Crippen molar-refractivity contribution in [2.24, 2.45) is 0 Å². The molecule has 9 heteroatoms. The van der Waals surface area contributed by atoms with Crippen molar-refractivity contribution in [2.45, 2.75) is 59.3 Å². The van der Waals surface area contributed by atoms with E-state index in [2.05, 4.69) is 19.2 Å². The number of fused-ring (bicyclic) bond motifs is 2. The molecule has 0 aromatic heterocycles. The molecule has 5 aromatic rings. The lowest BCUT2D eigenvalue weighted by molar-refractivity contribution is 0.0974. The van der Waals surface area contributed by atoms with Crippen molar-refractivity contribution < 1.29 is 34.0 Å². The standard InChI is InChI=1S/C42H42N2O7/c1-4-6-8-22-49-28-18-20-30(21-19-28)51-34-24-32(44-27-14-12-26(13-15-27)9-7-5-2)36-38(40(34)46)41(47)35-31(43)23-33(39(45)37(35)42(36)48)50-29-16-10-25(3)11-17-29/h10-21,23-24,44-46H,4-9,22,43H2,1-3H3. The molecule has 6 rings (SSSR count). The Kier molecular flexibility index (Phi) is 10.5. The van der Waals surface area contributed by atoms with Crippen molar-refractivity contribution in [3.8, 4) is 40.2 Å². The number of nitrogen functional groups attached to an aromatic ring is 1. The van der Waals surface area contributed by atoms with E-state index >= 15 is 0 Å². The summed E-state index contributed by atoms with van der Waals surface area (Å²) in [6, 6.07) is 24.6. The van der Waals surface area contributed by atoms with Gasteiger partial charge in [0, 0.05) is 23.5 Å². The molecule has 1 aliphatic rings. The second kappa shape index (κ2) is 15.3. The van der Waals surface area contributed by atoms with Crippen LogP contribution in [0.5, 0.6) is 40.2 Å². The van der Waals surface area contributed by atoms with Gasteiger partial charge in [-0.2, -0.15) is 0 Å². The first-order valence-electron chi connectivity index (χ1n) is 17.3. The number of ketones is 2. The summed E-state index contributed by atoms with van der Waals surface area (Å²) in [6.07, 6.45) is 6.20. The monoisotopic (exact) mass is 686 g/mol. The lowest BCUT2D eigenvalue weighted by Gasteiger charge is -2.25. The van der Waals surface area contributed by atoms with E-state index in [9.17, 15) is 19.8 Å². The predicted octanol–water partition coefficient (Wildman–Crippen LogP) is 10.0. The minimum Gasteiger partial charge on any atom is -0.504 e. The summed E-state index contributed by atoms with van der Waals surface area (Å²) in [5.41, 5.74) is 8.34. The van der Waals surface area contributed by atoms with Crippen LogP contribution in [0.15, 0.2) is 84.9 Å². The van der Waals surface area contributed by atoms with Crippen molar-refractivity contribution in [3.05, 3.63) is 118 Å². The molecule has 0 heterocycles. The topological polar surface area (TPSA) is 140 Å². The van der Waals surface area contributed by atoms with E-state index in [1.165, 1.54) is 17.7 Å². The van der Waals surface area contributed by atoms with Gasteiger partial charge in [0.25, 0.3) is 0 Å². The number of hydrogen-bond donors (Lipinski definition) is 4. The predicted molar refractivity (Wildman–Crippen MR) is 199 cm³/mol. The number of benzene rings is 5. The van der Waals surface area contributed by atoms with E-state index in [-0.39, 0.29) is 45.1 Å². The van der Waals surface area contributed by atoms with Crippen LogP contribution in [0, 0.1) is 6.92 Å². The van der Waals surface area contributed by atoms with Crippen LogP contribution in [0.25, 0.3) is 0 Å². The average molecular weight is 687 g/mol. The van der Waals surface area contributed by atoms with Crippen LogP contribution in [0.3, 0.4) is 0 Å². The van der Waals surface area contributed by atoms with E-state index in [1.54, 1.807) is 36.4 Å². The first-order chi connectivity index (χ1) is 24.7. The molecule has 262 valence electrons. The van der Waals surface area contributed by atoms with Crippen LogP contribution in [0.1, 0.15) is 88.9 Å². The zero-order valence-corrected chi connectivity index (χ0v) is 29.0. The third-order valence-corrected chi connectivity index (χ3v) is 8.84. The zero-order valence-electron chi connectivity index (χ0n) is 29.0. The number of unbranched alkanes of at least 4 members (excludes halogenated alkanes) is 3. The number of carbonyl (C=O) groups excluding carboxylic acids is 2. The van der Waals surface area contributed by atoms with E-state index in [0.717, 1.165) is 44.1 Å². The lowest BCUT2D eigenvalue weighted by Crippen LogP contribution is -2.24. The maximum absolute atomic E-state index is 14.4. The quantitative estimate of drug-likeness (QED) is 0.0500. The Morgan fingerprint density at radius 3 is 1.82 bits per heavy atom. The number of hydrogen-bond acceptors (Lipinski definition) is 9. The highest BCUT2D eigenvalue weighted by Gasteiger charge is 2.40. The molecule has 5 aromatic carbocycles. The number of nitrogens with two attached hydrogens (primary N) is 1. The largest absolute Gasteiger partial charge is 0.504 e. The van der Waals surface area contributed by atoms with Gasteiger partial charge < -0.3 is 35.5 Å². The molecule has 51 heavy (non-hydrogen) atoms. The van der Waals surface area contributed by atoms with Gasteiger partial charge in [-0.05, 0) is 80.3 Å². The molecule has 0 aliphatic heterocycles. The summed E-state index contributed by atoms with van der Waals surface area (Å²) < 4.78 is 17.8. The molecular weight excluding hydrogens is 644 g/mol. The van der Waals surface area contributed by atoms with Gasteiger partial charge in [0.15, 0.2) is 23.0 Å². The normalized spacial score (nSPS) is 11.9. The Morgan fingerprint density at radius 1 is 0.647 bits per heavy atom. The first-order valence-corrected chi connectivity index (χ1v) is 17.3. The van der Waals surface area contributed by atoms with E-state index in [0.29, 0.717) is 29.5 Å². The minimum absolute atomic E-state index is 0.0563. The van der Waals surface area contributed by atoms with Gasteiger partial charge in [-0.1, -0.05) is 62.9 Å². The maximum Gasteiger partial charge on any atom is 0.200 e. The van der Waals surface area contributed by atoms with Gasteiger partial charge >= 0.3 is 0 Å². The molecule has 0 radical (unpaired) electrons. The number of ether oxygens (including phenoxy) is 3. The molecule has 0 unspecified atom stereocenters. The Bertz CT molecular complexity index is 2050. The summed E-state index contributed by atoms with van der Waals surface area (Å²) in [5.74, 6) is -1.21. The minimum atomic E-state index is -0.744. The third kappa shape index (κ3) is 7.48. The summed E-state index contributed by atoms with van der Waals surface area (Å²) >= 11 is 0. The van der Waals surface area contributed by atoms with E-state index < -0.39 is 23.1 Å². The molecule has 1 aliphatic carbocycles. The van der Waals surface area contributed by atoms with Crippen molar-refractivity contribution in [2.75, 3.05) is 17.7 Å². The second-order valence-corrected chi connectivity index (χ2v) is 12.7. The summed E-state index contributed by atoms with van der Waals surface area (Å²) in [7, 11) is 0. The Hall–Kier alpha value is -5.96. The van der Waals surface area contributed by atoms with Crippen LogP contribution in [0.2, 0.25) is 0 Å². The van der Waals surface area contributed by atoms with Crippen molar-refractivity contribution >= 4 is 28.6 Å². The molecule has 0 saturated carbocycles. The molecule has 0 bridgehead atoms. The highest BCUT2D eigenvalue weighted by Crippen LogP contribution is 2.49. The smallest absolute Gasteiger partial charge is 0.200 e. The van der Waals surface area contributed by atoms with Crippen LogP contribution < -0.4 is 25.3 Å². The van der Waals surface area contributed by atoms with E-state index in [1.807, 2.05) is 43.3 Å². The molecule has 0 spiro atoms. The Morgan fingerprint density at radius 2 is 1.20 bits per heavy atom. The fourth-order valence-electron chi connectivity index (χ4n) is 6.04. The number of rotatable bonds is 14. The third-order valence-electron chi connectivity index (χ3n) is 8.84. The van der Waals surface area contributed by atoms with Gasteiger partial charge in [-0.15, -0.1) is 0 Å². The number of aryl methyl sites for hydroxylation is 2. The van der Waals surface area contributed by atoms with Crippen LogP contribution in [-0.4, -0.2) is 28.4 Å². The lowest BCUT2D eigenvalue weighted by atomic mass is 9.81. The molecule has 5 N–H and O–H groups in total. The average Bonchev–Trinajstić information content (AvgIpc) is 3.13. The van der Waals surface area contributed by atoms with E-state index in [4.69, 9.17) is 19.9 Å². The van der Waals surface area contributed by atoms with Gasteiger partial charge in [0.2, 0.25) is 11.6 Å². The van der Waals surface area contributed by atoms with Crippen LogP contribution in [-0.2, 0) is 6.42 Å². The SMILES string of the molecule is CCCCCOc1ccc(Oc2cc(Nc3ccc(CCCC)cc3)c3c(c2O)C(=O)c2c(N)cc(Oc4ccc(C)cc4)c(O)c2C3=O)cc1. The Labute approximate surface area is 297 Å². The highest BCUT2D eigenvalue weighted by molar-refractivity contribution is 6.34. The number of nitrogens with one attached hydrogen (secondary N) is 1. The van der Waals surface area contributed by atoms with Crippen LogP contribution >= 0.6 is 0 Å². The fraction of sp³-hybridized carbons (Fsp3) is 0.238. The molecular formula is C42H42N2O7. The highest BCUT2D eigenvalue weighted by atomic mass is 16.5. The van der Waals surface area contributed by atoms with Gasteiger partial charge in [-0.3, -0.25) is 9.59 Å². The first kappa shape index (κ1) is 34.9. The number of aromatic hydroxyl groups is 2. The van der Waals surface area contributed by atoms with Crippen molar-refractivity contribution in [1.82, 2.24) is 0 Å². The Balaban J connectivity index is 1.41. The molecule has 0 fully saturated rings. The number of phenols is 2. The van der Waals surface area contributed by atoms with Gasteiger partial charge in [-0.25, -0.2) is 0 Å². The number of carbonyl (C=O) groups is 2. The number of anilines is 3. The van der Waals surface area contributed by atoms with Crippen LogP contribution in [0.4, 0.5) is 17.1 Å². The van der Waals surface area contributed by atoms with Gasteiger partial charge in [0.1, 0.15) is 17.2 Å². The molecule has 0 atom stereocenters. The zero-order chi connectivity index (χ0) is 36.1. The maximum atomic E-state index is 14.4. The fourth-order valence-corrected chi connectivity index (χ4v) is 6.04. The van der Waals surface area contributed by atoms with Gasteiger partial charge in [0.05, 0.1) is 34.5 Å². The summed E-state index contributed by atoms with van der Waals surface area (Å²) in [4.78, 5) is 28.7. The second-order valence-electron chi connectivity index (χ2n) is 12.7. The number of phenolic OH excluding ortho intramolecular Hbond substituents is 2. The molecule has 9 nitrogen and oxygen atoms in total. The van der Waals surface area contributed by atoms with Crippen molar-refractivity contribution in [1.29, 1.82) is 0 Å². The summed E-state index contributed by atoms with van der Waals surface area (Å²) in [5, 5.41) is 26.3. The molecule has 0 saturated heterocycles.